The summed E-state index contributed by atoms with van der Waals surface area (Å²) in [6.07, 6.45) is -2.73. The van der Waals surface area contributed by atoms with Crippen molar-refractivity contribution >= 4 is 23.5 Å². The number of carbonyl (C=O) groups excluding carboxylic acids is 2. The predicted molar refractivity (Wildman–Crippen MR) is 107 cm³/mol. The number of carbonyl (C=O) groups is 2. The standard InChI is InChI=1S/C22H16F4N4O2/c1-11-19(20(31)16(10-29-11)21(32)28-2)15-7-18(22(24,25)26)30-9-14(15)5-12-3-4-13(8-27)17(23)6-12/h3-4,6-7,9-10,16H,5H2,1-2H3,(H,28,32). The molecule has 0 spiro atoms. The average Bonchev–Trinajstić information content (AvgIpc) is 2.73. The van der Waals surface area contributed by atoms with Crippen molar-refractivity contribution in [2.75, 3.05) is 7.05 Å². The molecule has 0 aliphatic carbocycles. The lowest BCUT2D eigenvalue weighted by Gasteiger charge is -2.21. The van der Waals surface area contributed by atoms with E-state index in [1.807, 2.05) is 0 Å². The van der Waals surface area contributed by atoms with Gasteiger partial charge in [-0.15, -0.1) is 0 Å². The molecule has 1 amide bonds. The Morgan fingerprint density at radius 2 is 2.00 bits per heavy atom. The maximum Gasteiger partial charge on any atom is 0.433 e. The average molecular weight is 444 g/mol. The van der Waals surface area contributed by atoms with E-state index in [-0.39, 0.29) is 34.4 Å². The van der Waals surface area contributed by atoms with Crippen LogP contribution in [-0.2, 0) is 22.2 Å². The molecule has 1 aliphatic heterocycles. The van der Waals surface area contributed by atoms with Gasteiger partial charge in [0.1, 0.15) is 23.5 Å². The molecule has 3 rings (SSSR count). The number of aromatic nitrogens is 1. The van der Waals surface area contributed by atoms with E-state index in [4.69, 9.17) is 5.26 Å². The van der Waals surface area contributed by atoms with Crippen LogP contribution in [0.15, 0.2) is 41.2 Å². The number of nitrogens with one attached hydrogen (secondary N) is 1. The Bertz CT molecular complexity index is 1210. The molecule has 0 saturated carbocycles. The molecule has 6 nitrogen and oxygen atoms in total. The van der Waals surface area contributed by atoms with Gasteiger partial charge in [-0.1, -0.05) is 6.07 Å². The van der Waals surface area contributed by atoms with E-state index >= 15 is 0 Å². The van der Waals surface area contributed by atoms with Gasteiger partial charge in [-0.2, -0.15) is 18.4 Å². The molecule has 1 unspecified atom stereocenters. The lowest BCUT2D eigenvalue weighted by Crippen LogP contribution is -2.36. The first-order valence-electron chi connectivity index (χ1n) is 9.32. The van der Waals surface area contributed by atoms with E-state index in [1.54, 1.807) is 6.07 Å². The fourth-order valence-electron chi connectivity index (χ4n) is 3.31. The molecule has 1 N–H and O–H groups in total. The van der Waals surface area contributed by atoms with Gasteiger partial charge < -0.3 is 5.32 Å². The zero-order chi connectivity index (χ0) is 23.6. The van der Waals surface area contributed by atoms with E-state index in [0.29, 0.717) is 5.56 Å². The van der Waals surface area contributed by atoms with Crippen LogP contribution in [0.5, 0.6) is 0 Å². The third-order valence-electron chi connectivity index (χ3n) is 4.93. The van der Waals surface area contributed by atoms with Crippen LogP contribution in [0, 0.1) is 23.1 Å². The lowest BCUT2D eigenvalue weighted by molar-refractivity contribution is -0.141. The van der Waals surface area contributed by atoms with Crippen LogP contribution >= 0.6 is 0 Å². The minimum Gasteiger partial charge on any atom is -0.358 e. The number of hydrogen-bond acceptors (Lipinski definition) is 5. The van der Waals surface area contributed by atoms with E-state index in [2.05, 4.69) is 15.3 Å². The first-order chi connectivity index (χ1) is 15.1. The minimum absolute atomic E-state index is 0.0679. The summed E-state index contributed by atoms with van der Waals surface area (Å²) in [7, 11) is 1.33. The third kappa shape index (κ3) is 4.42. The number of alkyl halides is 3. The maximum atomic E-state index is 14.0. The van der Waals surface area contributed by atoms with Crippen molar-refractivity contribution in [2.24, 2.45) is 10.9 Å². The Kier molecular flexibility index (Phi) is 6.20. The van der Waals surface area contributed by atoms with Crippen LogP contribution in [0.4, 0.5) is 17.6 Å². The smallest absolute Gasteiger partial charge is 0.358 e. The van der Waals surface area contributed by atoms with Crippen molar-refractivity contribution in [1.82, 2.24) is 10.3 Å². The maximum absolute atomic E-state index is 14.0. The zero-order valence-corrected chi connectivity index (χ0v) is 16.9. The molecule has 10 heteroatoms. The van der Waals surface area contributed by atoms with Crippen molar-refractivity contribution in [3.8, 4) is 6.07 Å². The highest BCUT2D eigenvalue weighted by Gasteiger charge is 2.36. The Morgan fingerprint density at radius 1 is 1.28 bits per heavy atom. The topological polar surface area (TPSA) is 95.2 Å². The number of nitrogens with zero attached hydrogens (tertiary/aromatic N) is 3. The van der Waals surface area contributed by atoms with Crippen molar-refractivity contribution in [3.05, 3.63) is 69.9 Å². The molecule has 2 heterocycles. The Morgan fingerprint density at radius 3 is 2.59 bits per heavy atom. The highest BCUT2D eigenvalue weighted by Crippen LogP contribution is 2.35. The van der Waals surface area contributed by atoms with E-state index in [0.717, 1.165) is 24.5 Å². The lowest BCUT2D eigenvalue weighted by atomic mass is 9.86. The number of halogens is 4. The molecular formula is C22H16F4N4O2. The second-order valence-electron chi connectivity index (χ2n) is 7.02. The molecule has 0 bridgehead atoms. The Balaban J connectivity index is 2.15. The molecule has 2 aromatic rings. The van der Waals surface area contributed by atoms with Gasteiger partial charge in [0, 0.05) is 30.7 Å². The van der Waals surface area contributed by atoms with Crippen molar-refractivity contribution < 1.29 is 27.2 Å². The molecule has 0 saturated heterocycles. The number of Topliss-reactive ketones (excluding diaryl/α,β-unsaturated/α-hetero) is 1. The van der Waals surface area contributed by atoms with Gasteiger partial charge in [0.05, 0.1) is 5.56 Å². The molecular weight excluding hydrogens is 428 g/mol. The summed E-state index contributed by atoms with van der Waals surface area (Å²) in [5, 5.41) is 11.2. The summed E-state index contributed by atoms with van der Waals surface area (Å²) in [6.45, 7) is 1.45. The van der Waals surface area contributed by atoms with Crippen LogP contribution < -0.4 is 5.32 Å². The first-order valence-corrected chi connectivity index (χ1v) is 9.32. The number of rotatable bonds is 4. The summed E-state index contributed by atoms with van der Waals surface area (Å²) in [4.78, 5) is 32.6. The van der Waals surface area contributed by atoms with E-state index < -0.39 is 35.3 Å². The van der Waals surface area contributed by atoms with Crippen molar-refractivity contribution in [3.63, 3.8) is 0 Å². The fraction of sp³-hybridized carbons (Fsp3) is 0.227. The second kappa shape index (κ2) is 8.70. The Hall–Kier alpha value is -3.87. The van der Waals surface area contributed by atoms with Gasteiger partial charge in [0.15, 0.2) is 5.78 Å². The van der Waals surface area contributed by atoms with Crippen molar-refractivity contribution in [2.45, 2.75) is 19.5 Å². The number of hydrogen-bond donors (Lipinski definition) is 1. The second-order valence-corrected chi connectivity index (χ2v) is 7.02. The minimum atomic E-state index is -4.77. The summed E-state index contributed by atoms with van der Waals surface area (Å²) >= 11 is 0. The van der Waals surface area contributed by atoms with Gasteiger partial charge in [0.2, 0.25) is 5.91 Å². The predicted octanol–water partition coefficient (Wildman–Crippen LogP) is 3.45. The number of amides is 1. The van der Waals surface area contributed by atoms with Gasteiger partial charge in [-0.25, -0.2) is 4.39 Å². The van der Waals surface area contributed by atoms with E-state index in [9.17, 15) is 27.2 Å². The van der Waals surface area contributed by atoms with Gasteiger partial charge >= 0.3 is 6.18 Å². The number of ketones is 1. The van der Waals surface area contributed by atoms with E-state index in [1.165, 1.54) is 26.1 Å². The van der Waals surface area contributed by atoms with Crippen LogP contribution in [0.25, 0.3) is 5.57 Å². The third-order valence-corrected chi connectivity index (χ3v) is 4.93. The molecule has 1 aromatic heterocycles. The van der Waals surface area contributed by atoms with Crippen molar-refractivity contribution in [1.29, 1.82) is 5.26 Å². The quantitative estimate of drug-likeness (QED) is 0.577. The van der Waals surface area contributed by atoms with Gasteiger partial charge in [-0.3, -0.25) is 19.6 Å². The number of pyridine rings is 1. The molecule has 32 heavy (non-hydrogen) atoms. The molecule has 1 aromatic carbocycles. The molecule has 164 valence electrons. The van der Waals surface area contributed by atoms with Gasteiger partial charge in [-0.05, 0) is 48.2 Å². The highest BCUT2D eigenvalue weighted by atomic mass is 19.4. The number of benzene rings is 1. The summed E-state index contributed by atoms with van der Waals surface area (Å²) in [5.41, 5.74) is -0.926. The zero-order valence-electron chi connectivity index (χ0n) is 16.9. The molecule has 1 aliphatic rings. The summed E-state index contributed by atoms with van der Waals surface area (Å²) < 4.78 is 54.1. The number of nitriles is 1. The first kappa shape index (κ1) is 22.8. The normalized spacial score (nSPS) is 16.2. The van der Waals surface area contributed by atoms with Crippen LogP contribution in [-0.4, -0.2) is 29.9 Å². The SMILES string of the molecule is CNC(=O)C1C=NC(C)=C(c2cc(C(F)(F)F)ncc2Cc2ccc(C#N)c(F)c2)C1=O. The summed E-state index contributed by atoms with van der Waals surface area (Å²) in [6, 6.07) is 6.22. The highest BCUT2D eigenvalue weighted by molar-refractivity contribution is 6.34. The molecule has 0 radical (unpaired) electrons. The summed E-state index contributed by atoms with van der Waals surface area (Å²) in [5.74, 6) is -3.42. The molecule has 0 fully saturated rings. The number of allylic oxidation sites excluding steroid dienone is 2. The largest absolute Gasteiger partial charge is 0.433 e. The number of aliphatic imine (C=N–C) groups is 1. The Labute approximate surface area is 180 Å². The van der Waals surface area contributed by atoms with Crippen LogP contribution in [0.2, 0.25) is 0 Å². The molecule has 1 atom stereocenters. The van der Waals surface area contributed by atoms with Crippen LogP contribution in [0.1, 0.15) is 34.9 Å². The van der Waals surface area contributed by atoms with Crippen LogP contribution in [0.3, 0.4) is 0 Å². The fourth-order valence-corrected chi connectivity index (χ4v) is 3.31. The monoisotopic (exact) mass is 444 g/mol. The van der Waals surface area contributed by atoms with Gasteiger partial charge in [0.25, 0.3) is 0 Å².